The highest BCUT2D eigenvalue weighted by Gasteiger charge is 2.44. The number of carbonyl (C=O) groups excluding carboxylic acids is 1. The predicted octanol–water partition coefficient (Wildman–Crippen LogP) is 4.03. The van der Waals surface area contributed by atoms with Crippen molar-refractivity contribution in [2.75, 3.05) is 18.5 Å². The van der Waals surface area contributed by atoms with Gasteiger partial charge in [0.1, 0.15) is 16.2 Å². The van der Waals surface area contributed by atoms with Crippen molar-refractivity contribution in [1.82, 2.24) is 20.3 Å². The highest BCUT2D eigenvalue weighted by molar-refractivity contribution is 7.15. The van der Waals surface area contributed by atoms with Gasteiger partial charge in [-0.3, -0.25) is 4.79 Å². The Morgan fingerprint density at radius 1 is 1.23 bits per heavy atom. The molecule has 1 fully saturated rings. The summed E-state index contributed by atoms with van der Waals surface area (Å²) < 4.78 is 44.0. The minimum atomic E-state index is -4.55. The van der Waals surface area contributed by atoms with Gasteiger partial charge in [0.2, 0.25) is 11.9 Å². The molecule has 162 valence electrons. The van der Waals surface area contributed by atoms with Crippen molar-refractivity contribution >= 4 is 28.9 Å². The minimum Gasteiger partial charge on any atom is -0.375 e. The number of hydrogen-bond acceptors (Lipinski definition) is 7. The molecule has 3 aromatic rings. The zero-order valence-electron chi connectivity index (χ0n) is 16.6. The largest absolute Gasteiger partial charge is 0.433 e. The van der Waals surface area contributed by atoms with E-state index in [1.807, 2.05) is 13.0 Å². The van der Waals surface area contributed by atoms with Crippen molar-refractivity contribution in [2.45, 2.75) is 25.6 Å². The van der Waals surface area contributed by atoms with E-state index in [1.54, 1.807) is 18.3 Å². The van der Waals surface area contributed by atoms with Gasteiger partial charge in [0, 0.05) is 25.0 Å². The standard InChI is InChI=1S/C20H18F3N5O2S/c1-11-5-13(15-8-25-17(31-15)19(9-30-10-19)28-12(2)29)7-14(6-11)26-18-24-4-3-16(27-18)20(21,22)23/h3-8H,9-10H2,1-2H3,(H,28,29)(H,24,26,27). The molecule has 1 aromatic carbocycles. The van der Waals surface area contributed by atoms with Crippen molar-refractivity contribution in [2.24, 2.45) is 0 Å². The zero-order chi connectivity index (χ0) is 22.2. The summed E-state index contributed by atoms with van der Waals surface area (Å²) in [4.78, 5) is 24.3. The molecule has 1 amide bonds. The van der Waals surface area contributed by atoms with Crippen LogP contribution in [-0.4, -0.2) is 34.1 Å². The van der Waals surface area contributed by atoms with Crippen molar-refractivity contribution in [3.05, 3.63) is 52.9 Å². The highest BCUT2D eigenvalue weighted by atomic mass is 32.1. The number of nitrogens with zero attached hydrogens (tertiary/aromatic N) is 3. The van der Waals surface area contributed by atoms with E-state index in [0.29, 0.717) is 18.9 Å². The topological polar surface area (TPSA) is 89.0 Å². The molecule has 2 N–H and O–H groups in total. The van der Waals surface area contributed by atoms with Gasteiger partial charge in [0.05, 0.1) is 18.1 Å². The molecule has 4 rings (SSSR count). The number of thiazole rings is 1. The summed E-state index contributed by atoms with van der Waals surface area (Å²) in [6, 6.07) is 6.34. The molecule has 1 aliphatic rings. The first kappa shape index (κ1) is 21.2. The molecule has 1 aliphatic heterocycles. The number of amides is 1. The quantitative estimate of drug-likeness (QED) is 0.611. The number of nitrogens with one attached hydrogen (secondary N) is 2. The summed E-state index contributed by atoms with van der Waals surface area (Å²) in [6.07, 6.45) is -1.78. The molecule has 0 spiro atoms. The van der Waals surface area contributed by atoms with E-state index in [9.17, 15) is 18.0 Å². The number of benzene rings is 1. The molecule has 7 nitrogen and oxygen atoms in total. The summed E-state index contributed by atoms with van der Waals surface area (Å²) in [6.45, 7) is 4.03. The third-order valence-corrected chi connectivity index (χ3v) is 5.84. The molecule has 1 saturated heterocycles. The Bertz CT molecular complexity index is 1130. The Hall–Kier alpha value is -3.05. The molecular weight excluding hydrogens is 431 g/mol. The van der Waals surface area contributed by atoms with Crippen LogP contribution in [0.4, 0.5) is 24.8 Å². The van der Waals surface area contributed by atoms with Crippen LogP contribution in [0.1, 0.15) is 23.2 Å². The highest BCUT2D eigenvalue weighted by Crippen LogP contribution is 2.37. The molecular formula is C20H18F3N5O2S. The van der Waals surface area contributed by atoms with Crippen LogP contribution >= 0.6 is 11.3 Å². The maximum absolute atomic E-state index is 12.9. The lowest BCUT2D eigenvalue weighted by Gasteiger charge is -2.39. The molecule has 0 radical (unpaired) electrons. The fraction of sp³-hybridized carbons (Fsp3) is 0.300. The molecule has 2 aromatic heterocycles. The van der Waals surface area contributed by atoms with Gasteiger partial charge in [-0.15, -0.1) is 11.3 Å². The molecule has 3 heterocycles. The summed E-state index contributed by atoms with van der Waals surface area (Å²) >= 11 is 1.43. The summed E-state index contributed by atoms with van der Waals surface area (Å²) in [7, 11) is 0. The Balaban J connectivity index is 1.61. The molecule has 11 heteroatoms. The van der Waals surface area contributed by atoms with Crippen molar-refractivity contribution < 1.29 is 22.7 Å². The average Bonchev–Trinajstić information content (AvgIpc) is 3.14. The van der Waals surface area contributed by atoms with E-state index in [2.05, 4.69) is 25.6 Å². The number of rotatable bonds is 5. The third kappa shape index (κ3) is 4.52. The van der Waals surface area contributed by atoms with Gasteiger partial charge >= 0.3 is 6.18 Å². The zero-order valence-corrected chi connectivity index (χ0v) is 17.4. The lowest BCUT2D eigenvalue weighted by molar-refractivity contribution is -0.141. The lowest BCUT2D eigenvalue weighted by Crippen LogP contribution is -2.58. The lowest BCUT2D eigenvalue weighted by atomic mass is 9.98. The van der Waals surface area contributed by atoms with Crippen LogP contribution in [0.2, 0.25) is 0 Å². The second-order valence-electron chi connectivity index (χ2n) is 7.26. The van der Waals surface area contributed by atoms with Gasteiger partial charge in [0.15, 0.2) is 0 Å². The van der Waals surface area contributed by atoms with Crippen LogP contribution in [0, 0.1) is 6.92 Å². The Kier molecular flexibility index (Phi) is 5.40. The Morgan fingerprint density at radius 3 is 2.65 bits per heavy atom. The Morgan fingerprint density at radius 2 is 2.00 bits per heavy atom. The molecule has 0 aliphatic carbocycles. The van der Waals surface area contributed by atoms with Gasteiger partial charge in [-0.2, -0.15) is 13.2 Å². The average molecular weight is 449 g/mol. The van der Waals surface area contributed by atoms with E-state index < -0.39 is 17.4 Å². The number of alkyl halides is 3. The number of carbonyl (C=O) groups is 1. The van der Waals surface area contributed by atoms with Gasteiger partial charge in [-0.1, -0.05) is 6.07 Å². The van der Waals surface area contributed by atoms with Gasteiger partial charge in [-0.05, 0) is 36.2 Å². The fourth-order valence-corrected chi connectivity index (χ4v) is 4.24. The van der Waals surface area contributed by atoms with Crippen molar-refractivity contribution in [3.63, 3.8) is 0 Å². The SMILES string of the molecule is CC(=O)NC1(c2ncc(-c3cc(C)cc(Nc4nccc(C(F)(F)F)n4)c3)s2)COC1. The molecule has 0 bridgehead atoms. The Labute approximate surface area is 179 Å². The van der Waals surface area contributed by atoms with Gasteiger partial charge in [0.25, 0.3) is 0 Å². The predicted molar refractivity (Wildman–Crippen MR) is 109 cm³/mol. The minimum absolute atomic E-state index is 0.146. The number of hydrogen-bond donors (Lipinski definition) is 2. The van der Waals surface area contributed by atoms with Gasteiger partial charge in [-0.25, -0.2) is 15.0 Å². The van der Waals surface area contributed by atoms with Crippen LogP contribution in [0.5, 0.6) is 0 Å². The first-order valence-electron chi connectivity index (χ1n) is 9.27. The summed E-state index contributed by atoms with van der Waals surface area (Å²) in [5.41, 5.74) is 0.636. The fourth-order valence-electron chi connectivity index (χ4n) is 3.22. The number of aromatic nitrogens is 3. The van der Waals surface area contributed by atoms with Crippen LogP contribution in [0.15, 0.2) is 36.7 Å². The van der Waals surface area contributed by atoms with E-state index in [-0.39, 0.29) is 11.9 Å². The summed E-state index contributed by atoms with van der Waals surface area (Å²) in [5, 5.41) is 6.48. The monoisotopic (exact) mass is 449 g/mol. The molecule has 0 saturated carbocycles. The van der Waals surface area contributed by atoms with E-state index in [1.165, 1.54) is 18.3 Å². The van der Waals surface area contributed by atoms with Crippen LogP contribution in [0.3, 0.4) is 0 Å². The number of anilines is 2. The van der Waals surface area contributed by atoms with Crippen molar-refractivity contribution in [3.8, 4) is 10.4 Å². The smallest absolute Gasteiger partial charge is 0.375 e. The van der Waals surface area contributed by atoms with Gasteiger partial charge < -0.3 is 15.4 Å². The summed E-state index contributed by atoms with van der Waals surface area (Å²) in [5.74, 6) is -0.309. The first-order valence-corrected chi connectivity index (χ1v) is 10.1. The maximum Gasteiger partial charge on any atom is 0.433 e. The van der Waals surface area contributed by atoms with Crippen LogP contribution in [0.25, 0.3) is 10.4 Å². The normalized spacial score (nSPS) is 15.3. The van der Waals surface area contributed by atoms with Crippen LogP contribution < -0.4 is 10.6 Å². The van der Waals surface area contributed by atoms with E-state index in [4.69, 9.17) is 4.74 Å². The maximum atomic E-state index is 12.9. The number of aryl methyl sites for hydroxylation is 1. The third-order valence-electron chi connectivity index (χ3n) is 4.59. The molecule has 31 heavy (non-hydrogen) atoms. The second kappa shape index (κ2) is 7.89. The van der Waals surface area contributed by atoms with E-state index >= 15 is 0 Å². The van der Waals surface area contributed by atoms with E-state index in [0.717, 1.165) is 33.3 Å². The molecule has 0 unspecified atom stereocenters. The van der Waals surface area contributed by atoms with Crippen LogP contribution in [-0.2, 0) is 21.2 Å². The second-order valence-corrected chi connectivity index (χ2v) is 8.29. The molecule has 0 atom stereocenters. The first-order chi connectivity index (χ1) is 14.6. The van der Waals surface area contributed by atoms with Crippen molar-refractivity contribution in [1.29, 1.82) is 0 Å². The number of halogens is 3. The number of ether oxygens (including phenoxy) is 1.